The summed E-state index contributed by atoms with van der Waals surface area (Å²) in [5.74, 6) is 0.722. The number of para-hydroxylation sites is 1. The number of carbonyl (C=O) groups excluding carboxylic acids is 1. The van der Waals surface area contributed by atoms with E-state index in [2.05, 4.69) is 15.4 Å². The first-order valence-electron chi connectivity index (χ1n) is 9.88. The molecule has 0 spiro atoms. The van der Waals surface area contributed by atoms with E-state index < -0.39 is 0 Å². The van der Waals surface area contributed by atoms with E-state index in [-0.39, 0.29) is 11.9 Å². The minimum Gasteiger partial charge on any atom is -0.375 e. The van der Waals surface area contributed by atoms with Gasteiger partial charge in [-0.2, -0.15) is 5.10 Å². The van der Waals surface area contributed by atoms with Gasteiger partial charge in [-0.15, -0.1) is 5.10 Å². The van der Waals surface area contributed by atoms with Crippen LogP contribution in [0.5, 0.6) is 0 Å². The van der Waals surface area contributed by atoms with Crippen LogP contribution in [0.1, 0.15) is 41.5 Å². The topological polar surface area (TPSA) is 78.1 Å². The number of amides is 1. The van der Waals surface area contributed by atoms with Crippen molar-refractivity contribution in [2.24, 2.45) is 13.0 Å². The summed E-state index contributed by atoms with van der Waals surface area (Å²) < 4.78 is 9.33. The highest BCUT2D eigenvalue weighted by atomic mass is 16.5. The molecule has 2 fully saturated rings. The van der Waals surface area contributed by atoms with Gasteiger partial charge in [-0.3, -0.25) is 9.48 Å². The number of likely N-dealkylation sites (tertiary alicyclic amines) is 1. The fraction of sp³-hybridized carbons (Fsp3) is 0.500. The smallest absolute Gasteiger partial charge is 0.275 e. The van der Waals surface area contributed by atoms with E-state index in [9.17, 15) is 4.79 Å². The van der Waals surface area contributed by atoms with Gasteiger partial charge in [0.05, 0.1) is 24.4 Å². The number of aromatic nitrogens is 5. The molecule has 3 aromatic rings. The molecule has 8 heteroatoms. The van der Waals surface area contributed by atoms with Crippen LogP contribution >= 0.6 is 0 Å². The quantitative estimate of drug-likeness (QED) is 0.655. The molecular weight excluding hydrogens is 356 g/mol. The van der Waals surface area contributed by atoms with Crippen molar-refractivity contribution in [2.75, 3.05) is 19.7 Å². The first-order valence-corrected chi connectivity index (χ1v) is 9.88. The predicted molar refractivity (Wildman–Crippen MR) is 103 cm³/mol. The largest absolute Gasteiger partial charge is 0.375 e. The average Bonchev–Trinajstić information content (AvgIpc) is 3.10. The molecule has 0 radical (unpaired) electrons. The van der Waals surface area contributed by atoms with Crippen molar-refractivity contribution in [3.63, 3.8) is 0 Å². The van der Waals surface area contributed by atoms with Crippen LogP contribution in [0, 0.1) is 5.92 Å². The highest BCUT2D eigenvalue weighted by Gasteiger charge is 2.31. The molecule has 1 aliphatic carbocycles. The third-order valence-electron chi connectivity index (χ3n) is 5.64. The lowest BCUT2D eigenvalue weighted by Crippen LogP contribution is -2.29. The molecule has 1 saturated carbocycles. The SMILES string of the molecule is Cn1nc(C(=O)N2CCC(n3cc(COCC4CC4)nn3)C2)c2ccccc21. The Morgan fingerprint density at radius 2 is 2.11 bits per heavy atom. The zero-order valence-corrected chi connectivity index (χ0v) is 16.0. The molecule has 2 aliphatic rings. The number of benzene rings is 1. The van der Waals surface area contributed by atoms with Crippen LogP contribution < -0.4 is 0 Å². The maximum absolute atomic E-state index is 13.1. The molecule has 1 aliphatic heterocycles. The van der Waals surface area contributed by atoms with Crippen molar-refractivity contribution in [2.45, 2.75) is 31.9 Å². The Balaban J connectivity index is 1.25. The molecule has 3 heterocycles. The lowest BCUT2D eigenvalue weighted by Gasteiger charge is -2.15. The summed E-state index contributed by atoms with van der Waals surface area (Å²) in [4.78, 5) is 14.9. The second-order valence-corrected chi connectivity index (χ2v) is 7.83. The summed E-state index contributed by atoms with van der Waals surface area (Å²) in [5, 5.41) is 13.8. The monoisotopic (exact) mass is 380 g/mol. The third kappa shape index (κ3) is 3.28. The van der Waals surface area contributed by atoms with Gasteiger partial charge in [-0.05, 0) is 31.2 Å². The van der Waals surface area contributed by atoms with Gasteiger partial charge in [0.2, 0.25) is 0 Å². The molecule has 28 heavy (non-hydrogen) atoms. The molecule has 8 nitrogen and oxygen atoms in total. The molecule has 0 N–H and O–H groups in total. The third-order valence-corrected chi connectivity index (χ3v) is 5.64. The van der Waals surface area contributed by atoms with Gasteiger partial charge in [0.25, 0.3) is 5.91 Å². The standard InChI is InChI=1S/C20H24N6O2/c1-24-18-5-3-2-4-17(18)19(22-24)20(27)25-9-8-16(11-25)26-10-15(21-23-26)13-28-12-14-6-7-14/h2-5,10,14,16H,6-9,11-13H2,1H3. The van der Waals surface area contributed by atoms with Gasteiger partial charge in [0.1, 0.15) is 5.69 Å². The zero-order chi connectivity index (χ0) is 19.1. The number of nitrogens with zero attached hydrogens (tertiary/aromatic N) is 6. The Bertz CT molecular complexity index is 1010. The minimum atomic E-state index is -0.0209. The van der Waals surface area contributed by atoms with Gasteiger partial charge in [-0.25, -0.2) is 4.68 Å². The molecule has 0 bridgehead atoms. The summed E-state index contributed by atoms with van der Waals surface area (Å²) in [5.41, 5.74) is 2.33. The first kappa shape index (κ1) is 17.4. The minimum absolute atomic E-state index is 0.0209. The van der Waals surface area contributed by atoms with Crippen molar-refractivity contribution in [1.82, 2.24) is 29.7 Å². The Kier molecular flexibility index (Phi) is 4.35. The summed E-state index contributed by atoms with van der Waals surface area (Å²) in [6.45, 7) is 2.64. The number of ether oxygens (including phenoxy) is 1. The zero-order valence-electron chi connectivity index (χ0n) is 16.0. The lowest BCUT2D eigenvalue weighted by atomic mass is 10.2. The molecule has 1 amide bonds. The Morgan fingerprint density at radius 1 is 1.25 bits per heavy atom. The maximum atomic E-state index is 13.1. The van der Waals surface area contributed by atoms with Gasteiger partial charge in [-0.1, -0.05) is 23.4 Å². The molecule has 1 atom stereocenters. The van der Waals surface area contributed by atoms with Gasteiger partial charge in [0.15, 0.2) is 5.69 Å². The molecule has 2 aromatic heterocycles. The second kappa shape index (κ2) is 7.01. The van der Waals surface area contributed by atoms with E-state index in [1.165, 1.54) is 12.8 Å². The number of hydrogen-bond donors (Lipinski definition) is 0. The second-order valence-electron chi connectivity index (χ2n) is 7.83. The van der Waals surface area contributed by atoms with Crippen LogP contribution in [0.3, 0.4) is 0 Å². The predicted octanol–water partition coefficient (Wildman–Crippen LogP) is 2.18. The van der Waals surface area contributed by atoms with E-state index in [1.54, 1.807) is 4.68 Å². The highest BCUT2D eigenvalue weighted by Crippen LogP contribution is 2.29. The molecule has 1 unspecified atom stereocenters. The van der Waals surface area contributed by atoms with Crippen molar-refractivity contribution in [3.05, 3.63) is 41.9 Å². The van der Waals surface area contributed by atoms with Crippen LogP contribution in [-0.2, 0) is 18.4 Å². The highest BCUT2D eigenvalue weighted by molar-refractivity contribution is 6.04. The van der Waals surface area contributed by atoms with E-state index in [4.69, 9.17) is 4.74 Å². The Labute approximate surface area is 163 Å². The summed E-state index contributed by atoms with van der Waals surface area (Å²) >= 11 is 0. The molecule has 5 rings (SSSR count). The normalized spacial score (nSPS) is 19.6. The number of aryl methyl sites for hydroxylation is 1. The van der Waals surface area contributed by atoms with Crippen LogP contribution in [-0.4, -0.2) is 55.3 Å². The Morgan fingerprint density at radius 3 is 2.96 bits per heavy atom. The van der Waals surface area contributed by atoms with E-state index in [0.29, 0.717) is 25.4 Å². The number of carbonyl (C=O) groups is 1. The maximum Gasteiger partial charge on any atom is 0.275 e. The average molecular weight is 380 g/mol. The van der Waals surface area contributed by atoms with Crippen molar-refractivity contribution in [3.8, 4) is 0 Å². The molecule has 1 saturated heterocycles. The van der Waals surface area contributed by atoms with Crippen LogP contribution in [0.4, 0.5) is 0 Å². The Hall–Kier alpha value is -2.74. The number of fused-ring (bicyclic) bond motifs is 1. The van der Waals surface area contributed by atoms with E-state index in [0.717, 1.165) is 35.5 Å². The summed E-state index contributed by atoms with van der Waals surface area (Å²) in [7, 11) is 1.87. The van der Waals surface area contributed by atoms with Crippen molar-refractivity contribution in [1.29, 1.82) is 0 Å². The number of rotatable bonds is 6. The van der Waals surface area contributed by atoms with Gasteiger partial charge >= 0.3 is 0 Å². The fourth-order valence-corrected chi connectivity index (χ4v) is 3.84. The first-order chi connectivity index (χ1) is 13.7. The van der Waals surface area contributed by atoms with Crippen molar-refractivity contribution >= 4 is 16.8 Å². The summed E-state index contributed by atoms with van der Waals surface area (Å²) in [6, 6.07) is 7.97. The fourth-order valence-electron chi connectivity index (χ4n) is 3.84. The molecule has 146 valence electrons. The van der Waals surface area contributed by atoms with Crippen LogP contribution in [0.2, 0.25) is 0 Å². The van der Waals surface area contributed by atoms with Gasteiger partial charge in [0, 0.05) is 32.1 Å². The van der Waals surface area contributed by atoms with Crippen LogP contribution in [0.25, 0.3) is 10.9 Å². The molecule has 1 aromatic carbocycles. The summed E-state index contributed by atoms with van der Waals surface area (Å²) in [6.07, 6.45) is 5.37. The lowest BCUT2D eigenvalue weighted by molar-refractivity contribution is 0.0782. The number of hydrogen-bond acceptors (Lipinski definition) is 5. The molecular formula is C20H24N6O2. The van der Waals surface area contributed by atoms with E-state index >= 15 is 0 Å². The van der Waals surface area contributed by atoms with Gasteiger partial charge < -0.3 is 9.64 Å². The van der Waals surface area contributed by atoms with Crippen molar-refractivity contribution < 1.29 is 9.53 Å². The van der Waals surface area contributed by atoms with Crippen LogP contribution in [0.15, 0.2) is 30.5 Å². The van der Waals surface area contributed by atoms with E-state index in [1.807, 2.05) is 47.1 Å².